The fourth-order valence-corrected chi connectivity index (χ4v) is 9.18. The first-order valence-electron chi connectivity index (χ1n) is 18.5. The van der Waals surface area contributed by atoms with Crippen LogP contribution in [0.25, 0.3) is 82.5 Å². The van der Waals surface area contributed by atoms with Crippen LogP contribution in [0, 0.1) is 0 Å². The minimum absolute atomic E-state index is 0.120. The molecule has 0 aliphatic heterocycles. The normalized spacial score (nSPS) is 12.8. The van der Waals surface area contributed by atoms with Gasteiger partial charge >= 0.3 is 0 Å². The largest absolute Gasteiger partial charge is 0.309 e. The second-order valence-electron chi connectivity index (χ2n) is 14.4. The Kier molecular flexibility index (Phi) is 6.01. The molecule has 256 valence electrons. The average Bonchev–Trinajstić information content (AvgIpc) is 3.88. The molecule has 0 spiro atoms. The first kappa shape index (κ1) is 30.0. The number of para-hydroxylation sites is 4. The number of nitrogens with zero attached hydrogens (tertiary/aromatic N) is 3. The van der Waals surface area contributed by atoms with E-state index >= 15 is 0 Å². The Balaban J connectivity index is 1.15. The lowest BCUT2D eigenvalue weighted by Crippen LogP contribution is -2.21. The highest BCUT2D eigenvalue weighted by Crippen LogP contribution is 2.40. The molecule has 5 nitrogen and oxygen atoms in total. The van der Waals surface area contributed by atoms with Crippen LogP contribution >= 0.6 is 0 Å². The van der Waals surface area contributed by atoms with E-state index in [0.29, 0.717) is 22.3 Å². The molecule has 0 atom stereocenters. The minimum atomic E-state index is -0.130. The molecular weight excluding hydrogens is 675 g/mol. The fourth-order valence-electron chi connectivity index (χ4n) is 9.18. The Morgan fingerprint density at radius 2 is 0.564 bits per heavy atom. The van der Waals surface area contributed by atoms with Crippen molar-refractivity contribution in [1.82, 2.24) is 13.7 Å². The summed E-state index contributed by atoms with van der Waals surface area (Å²) in [7, 11) is 0. The van der Waals surface area contributed by atoms with Crippen LogP contribution in [0.4, 0.5) is 0 Å². The van der Waals surface area contributed by atoms with Gasteiger partial charge in [-0.1, -0.05) is 97.1 Å². The Morgan fingerprint density at radius 1 is 0.255 bits per heavy atom. The predicted molar refractivity (Wildman–Crippen MR) is 223 cm³/mol. The summed E-state index contributed by atoms with van der Waals surface area (Å²) in [5.41, 5.74) is 11.3. The van der Waals surface area contributed by atoms with Gasteiger partial charge in [0.1, 0.15) is 0 Å². The molecule has 3 heterocycles. The standard InChI is InChI=1S/C50H29N3O2/c54-49-37-15-1-2-16-38(37)50(55)42-29-30(21-24-39(42)49)53-47-25-22-31(51-43-17-7-3-11-33(43)34-12-4-8-18-44(34)51)27-40(47)41-28-32(23-26-48(41)53)52-45-19-9-5-13-35(45)36-14-6-10-20-46(36)52/h1-29H. The summed E-state index contributed by atoms with van der Waals surface area (Å²) in [6, 6.07) is 60.4. The van der Waals surface area contributed by atoms with Gasteiger partial charge in [0.2, 0.25) is 0 Å². The highest BCUT2D eigenvalue weighted by molar-refractivity contribution is 6.28. The average molecular weight is 704 g/mol. The number of aromatic nitrogens is 3. The number of benzene rings is 8. The number of carbonyl (C=O) groups is 2. The van der Waals surface area contributed by atoms with Crippen molar-refractivity contribution in [2.24, 2.45) is 0 Å². The molecule has 8 aromatic carbocycles. The van der Waals surface area contributed by atoms with Crippen LogP contribution in [0.15, 0.2) is 176 Å². The summed E-state index contributed by atoms with van der Waals surface area (Å²) in [6.45, 7) is 0. The lowest BCUT2D eigenvalue weighted by atomic mass is 9.84. The maximum atomic E-state index is 13.9. The van der Waals surface area contributed by atoms with Crippen molar-refractivity contribution in [2.45, 2.75) is 0 Å². The molecule has 5 heteroatoms. The number of ketones is 2. The van der Waals surface area contributed by atoms with E-state index in [-0.39, 0.29) is 11.6 Å². The summed E-state index contributed by atoms with van der Waals surface area (Å²) in [5.74, 6) is -0.249. The van der Waals surface area contributed by atoms with E-state index in [1.807, 2.05) is 30.3 Å². The zero-order chi connectivity index (χ0) is 36.4. The van der Waals surface area contributed by atoms with E-state index < -0.39 is 0 Å². The van der Waals surface area contributed by atoms with Crippen LogP contribution in [0.3, 0.4) is 0 Å². The molecule has 0 N–H and O–H groups in total. The van der Waals surface area contributed by atoms with E-state index in [1.165, 1.54) is 21.5 Å². The number of hydrogen-bond acceptors (Lipinski definition) is 2. The summed E-state index contributed by atoms with van der Waals surface area (Å²) in [5, 5.41) is 7.02. The van der Waals surface area contributed by atoms with Crippen LogP contribution in [-0.2, 0) is 0 Å². The third-order valence-electron chi connectivity index (χ3n) is 11.6. The summed E-state index contributed by atoms with van der Waals surface area (Å²) >= 11 is 0. The molecule has 1 aliphatic rings. The molecule has 0 saturated heterocycles. The third kappa shape index (κ3) is 4.07. The number of hydrogen-bond donors (Lipinski definition) is 0. The highest BCUT2D eigenvalue weighted by atomic mass is 16.1. The molecule has 0 amide bonds. The van der Waals surface area contributed by atoms with Gasteiger partial charge in [-0.15, -0.1) is 0 Å². The minimum Gasteiger partial charge on any atom is -0.309 e. The quantitative estimate of drug-likeness (QED) is 0.184. The van der Waals surface area contributed by atoms with Gasteiger partial charge in [0, 0.05) is 71.6 Å². The van der Waals surface area contributed by atoms with E-state index in [2.05, 4.69) is 147 Å². The Bertz CT molecular complexity index is 3210. The van der Waals surface area contributed by atoms with Crippen LogP contribution in [0.2, 0.25) is 0 Å². The number of rotatable bonds is 3. The Morgan fingerprint density at radius 3 is 1.00 bits per heavy atom. The van der Waals surface area contributed by atoms with Gasteiger partial charge in [0.05, 0.1) is 33.1 Å². The predicted octanol–water partition coefficient (Wildman–Crippen LogP) is 11.8. The SMILES string of the molecule is O=C1c2ccccc2C(=O)c2cc(-n3c4ccc(-n5c6ccccc6c6ccccc65)cc4c4cc(-n5c6ccccc6c6ccccc65)ccc43)ccc21. The van der Waals surface area contributed by atoms with Crippen molar-refractivity contribution in [1.29, 1.82) is 0 Å². The van der Waals surface area contributed by atoms with Crippen LogP contribution in [0.1, 0.15) is 31.8 Å². The zero-order valence-electron chi connectivity index (χ0n) is 29.4. The van der Waals surface area contributed by atoms with E-state index in [4.69, 9.17) is 0 Å². The fraction of sp³-hybridized carbons (Fsp3) is 0. The first-order valence-corrected chi connectivity index (χ1v) is 18.5. The van der Waals surface area contributed by atoms with Gasteiger partial charge in [-0.2, -0.15) is 0 Å². The van der Waals surface area contributed by atoms with Gasteiger partial charge in [-0.05, 0) is 78.9 Å². The van der Waals surface area contributed by atoms with Crippen LogP contribution in [-0.4, -0.2) is 25.3 Å². The summed E-state index contributed by atoms with van der Waals surface area (Å²) < 4.78 is 6.93. The maximum absolute atomic E-state index is 13.9. The monoisotopic (exact) mass is 703 g/mol. The zero-order valence-corrected chi connectivity index (χ0v) is 29.4. The lowest BCUT2D eigenvalue weighted by Gasteiger charge is -2.19. The Labute approximate surface area is 314 Å². The molecule has 12 rings (SSSR count). The lowest BCUT2D eigenvalue weighted by molar-refractivity contribution is 0.0979. The van der Waals surface area contributed by atoms with Crippen molar-refractivity contribution in [2.75, 3.05) is 0 Å². The van der Waals surface area contributed by atoms with Gasteiger partial charge < -0.3 is 13.7 Å². The molecule has 0 unspecified atom stereocenters. The second-order valence-corrected chi connectivity index (χ2v) is 14.4. The van der Waals surface area contributed by atoms with Crippen molar-refractivity contribution in [3.05, 3.63) is 198 Å². The van der Waals surface area contributed by atoms with Gasteiger partial charge in [0.25, 0.3) is 0 Å². The smallest absolute Gasteiger partial charge is 0.194 e. The molecule has 3 aromatic heterocycles. The van der Waals surface area contributed by atoms with Crippen LogP contribution in [0.5, 0.6) is 0 Å². The second kappa shape index (κ2) is 11.0. The van der Waals surface area contributed by atoms with Gasteiger partial charge in [0.15, 0.2) is 11.6 Å². The van der Waals surface area contributed by atoms with Gasteiger partial charge in [-0.25, -0.2) is 0 Å². The van der Waals surface area contributed by atoms with E-state index in [1.54, 1.807) is 12.1 Å². The molecule has 0 radical (unpaired) electrons. The van der Waals surface area contributed by atoms with Crippen LogP contribution < -0.4 is 0 Å². The van der Waals surface area contributed by atoms with Crippen molar-refractivity contribution >= 4 is 77.0 Å². The van der Waals surface area contributed by atoms with Gasteiger partial charge in [-0.3, -0.25) is 9.59 Å². The number of fused-ring (bicyclic) bond motifs is 11. The molecule has 11 aromatic rings. The Hall–Kier alpha value is -7.50. The molecule has 55 heavy (non-hydrogen) atoms. The molecule has 1 aliphatic carbocycles. The summed E-state index contributed by atoms with van der Waals surface area (Å²) in [6.07, 6.45) is 0. The molecule has 0 saturated carbocycles. The molecular formula is C50H29N3O2. The van der Waals surface area contributed by atoms with Crippen molar-refractivity contribution in [3.8, 4) is 17.1 Å². The highest BCUT2D eigenvalue weighted by Gasteiger charge is 2.30. The topological polar surface area (TPSA) is 48.9 Å². The first-order chi connectivity index (χ1) is 27.1. The molecule has 0 fully saturated rings. The van der Waals surface area contributed by atoms with E-state index in [9.17, 15) is 9.59 Å². The third-order valence-corrected chi connectivity index (χ3v) is 11.6. The summed E-state index contributed by atoms with van der Waals surface area (Å²) in [4.78, 5) is 27.5. The number of carbonyl (C=O) groups excluding carboxylic acids is 2. The maximum Gasteiger partial charge on any atom is 0.194 e. The van der Waals surface area contributed by atoms with Crippen molar-refractivity contribution < 1.29 is 9.59 Å². The molecule has 0 bridgehead atoms. The van der Waals surface area contributed by atoms with Crippen molar-refractivity contribution in [3.63, 3.8) is 0 Å². The van der Waals surface area contributed by atoms with E-state index in [0.717, 1.165) is 60.9 Å².